The van der Waals surface area contributed by atoms with Crippen molar-refractivity contribution >= 4 is 5.78 Å². The molecule has 0 rings (SSSR count). The van der Waals surface area contributed by atoms with Crippen molar-refractivity contribution < 1.29 is 14.3 Å². The third kappa shape index (κ3) is 9.16. The van der Waals surface area contributed by atoms with E-state index in [2.05, 4.69) is 13.2 Å². The number of carbonyl (C=O) groups is 1. The molecule has 3 heteroatoms. The molecule has 0 saturated heterocycles. The van der Waals surface area contributed by atoms with E-state index in [0.717, 1.165) is 12.8 Å². The normalized spacial score (nSPS) is 9.71. The second kappa shape index (κ2) is 10.2. The molecule has 0 aromatic carbocycles. The molecule has 0 aliphatic rings. The minimum Gasteiger partial charge on any atom is -0.373 e. The Morgan fingerprint density at radius 1 is 1.00 bits per heavy atom. The van der Waals surface area contributed by atoms with E-state index in [1.165, 1.54) is 0 Å². The number of Topliss-reactive ketones (excluding diaryl/α,β-unsaturated/α-hetero) is 1. The lowest BCUT2D eigenvalue weighted by molar-refractivity contribution is -0.128. The first-order chi connectivity index (χ1) is 6.81. The van der Waals surface area contributed by atoms with Gasteiger partial charge in [-0.25, -0.2) is 0 Å². The van der Waals surface area contributed by atoms with Crippen LogP contribution in [-0.4, -0.2) is 32.2 Å². The van der Waals surface area contributed by atoms with Crippen LogP contribution in [0.3, 0.4) is 0 Å². The van der Waals surface area contributed by atoms with Gasteiger partial charge in [0.15, 0.2) is 5.78 Å². The molecule has 0 N–H and O–H groups in total. The van der Waals surface area contributed by atoms with Gasteiger partial charge < -0.3 is 9.47 Å². The molecule has 0 radical (unpaired) electrons. The molecular formula is C11H18O3. The smallest absolute Gasteiger partial charge is 0.183 e. The first-order valence-electron chi connectivity index (χ1n) is 4.70. The Hall–Kier alpha value is -0.930. The highest BCUT2D eigenvalue weighted by Gasteiger charge is 2.00. The van der Waals surface area contributed by atoms with Crippen LogP contribution in [0.15, 0.2) is 25.3 Å². The molecule has 14 heavy (non-hydrogen) atoms. The summed E-state index contributed by atoms with van der Waals surface area (Å²) < 4.78 is 10.1. The molecule has 0 atom stereocenters. The van der Waals surface area contributed by atoms with Gasteiger partial charge in [-0.1, -0.05) is 12.2 Å². The maximum atomic E-state index is 11.1. The van der Waals surface area contributed by atoms with E-state index in [1.54, 1.807) is 12.2 Å². The predicted octanol–water partition coefficient (Wildman–Crippen LogP) is 1.74. The zero-order valence-corrected chi connectivity index (χ0v) is 8.54. The van der Waals surface area contributed by atoms with Crippen molar-refractivity contribution in [3.8, 4) is 0 Å². The molecule has 0 fully saturated rings. The maximum Gasteiger partial charge on any atom is 0.183 e. The van der Waals surface area contributed by atoms with Crippen LogP contribution in [0.2, 0.25) is 0 Å². The van der Waals surface area contributed by atoms with Crippen LogP contribution >= 0.6 is 0 Å². The highest BCUT2D eigenvalue weighted by atomic mass is 16.5. The Morgan fingerprint density at radius 2 is 1.43 bits per heavy atom. The number of carbonyl (C=O) groups excluding carboxylic acids is 1. The molecule has 0 spiro atoms. The monoisotopic (exact) mass is 198 g/mol. The van der Waals surface area contributed by atoms with E-state index < -0.39 is 0 Å². The molecule has 0 amide bonds. The fraction of sp³-hybridized carbons (Fsp3) is 0.545. The zero-order valence-electron chi connectivity index (χ0n) is 8.54. The molecule has 0 aliphatic carbocycles. The van der Waals surface area contributed by atoms with E-state index in [0.29, 0.717) is 13.2 Å². The first kappa shape index (κ1) is 13.1. The Bertz CT molecular complexity index is 157. The summed E-state index contributed by atoms with van der Waals surface area (Å²) in [6.45, 7) is 8.44. The minimum absolute atomic E-state index is 0.0295. The average Bonchev–Trinajstić information content (AvgIpc) is 2.19. The van der Waals surface area contributed by atoms with Crippen molar-refractivity contribution in [2.45, 2.75) is 12.8 Å². The van der Waals surface area contributed by atoms with Gasteiger partial charge in [0, 0.05) is 0 Å². The fourth-order valence-electron chi connectivity index (χ4n) is 0.747. The summed E-state index contributed by atoms with van der Waals surface area (Å²) in [7, 11) is 0. The van der Waals surface area contributed by atoms with Gasteiger partial charge in [-0.15, -0.1) is 13.2 Å². The summed E-state index contributed by atoms with van der Waals surface area (Å²) in [5.41, 5.74) is 0. The molecule has 0 bridgehead atoms. The number of ketones is 1. The van der Waals surface area contributed by atoms with Crippen molar-refractivity contribution in [1.82, 2.24) is 0 Å². The zero-order chi connectivity index (χ0) is 10.6. The van der Waals surface area contributed by atoms with Crippen LogP contribution in [0.1, 0.15) is 12.8 Å². The Kier molecular flexibility index (Phi) is 9.48. The Labute approximate surface area is 85.4 Å². The third-order valence-electron chi connectivity index (χ3n) is 1.46. The van der Waals surface area contributed by atoms with Gasteiger partial charge >= 0.3 is 0 Å². The summed E-state index contributed by atoms with van der Waals surface area (Å²) in [5, 5.41) is 0. The van der Waals surface area contributed by atoms with Crippen LogP contribution in [0.4, 0.5) is 0 Å². The maximum absolute atomic E-state index is 11.1. The third-order valence-corrected chi connectivity index (χ3v) is 1.46. The number of rotatable bonds is 10. The lowest BCUT2D eigenvalue weighted by Gasteiger charge is -2.02. The molecular weight excluding hydrogens is 180 g/mol. The van der Waals surface area contributed by atoms with Gasteiger partial charge in [0.1, 0.15) is 13.2 Å². The Balaban J connectivity index is 3.19. The highest BCUT2D eigenvalue weighted by molar-refractivity contribution is 5.80. The van der Waals surface area contributed by atoms with Gasteiger partial charge in [0.2, 0.25) is 0 Å². The summed E-state index contributed by atoms with van der Waals surface area (Å²) in [5.74, 6) is -0.0295. The molecule has 0 aliphatic heterocycles. The van der Waals surface area contributed by atoms with Crippen LogP contribution in [-0.2, 0) is 14.3 Å². The minimum atomic E-state index is -0.0295. The van der Waals surface area contributed by atoms with E-state index >= 15 is 0 Å². The number of hydrogen-bond donors (Lipinski definition) is 0. The molecule has 3 nitrogen and oxygen atoms in total. The fourth-order valence-corrected chi connectivity index (χ4v) is 0.747. The van der Waals surface area contributed by atoms with Crippen LogP contribution in [0.5, 0.6) is 0 Å². The summed E-state index contributed by atoms with van der Waals surface area (Å²) in [6, 6.07) is 0. The van der Waals surface area contributed by atoms with Crippen molar-refractivity contribution in [2.24, 2.45) is 0 Å². The summed E-state index contributed by atoms with van der Waals surface area (Å²) in [6.07, 6.45) is 5.05. The summed E-state index contributed by atoms with van der Waals surface area (Å²) >= 11 is 0. The van der Waals surface area contributed by atoms with Gasteiger partial charge in [-0.3, -0.25) is 4.79 Å². The number of ether oxygens (including phenoxy) is 2. The SMILES string of the molecule is C=CCCOCC(=O)COCCC=C. The van der Waals surface area contributed by atoms with Crippen molar-refractivity contribution in [3.05, 3.63) is 25.3 Å². The molecule has 80 valence electrons. The molecule has 0 heterocycles. The Morgan fingerprint density at radius 3 is 1.79 bits per heavy atom. The van der Waals surface area contributed by atoms with Crippen LogP contribution in [0.25, 0.3) is 0 Å². The van der Waals surface area contributed by atoms with Crippen molar-refractivity contribution in [3.63, 3.8) is 0 Å². The quantitative estimate of drug-likeness (QED) is 0.396. The van der Waals surface area contributed by atoms with E-state index in [4.69, 9.17) is 9.47 Å². The molecule has 0 unspecified atom stereocenters. The van der Waals surface area contributed by atoms with E-state index in [9.17, 15) is 4.79 Å². The predicted molar refractivity (Wildman–Crippen MR) is 56.3 cm³/mol. The van der Waals surface area contributed by atoms with Crippen LogP contribution < -0.4 is 0 Å². The largest absolute Gasteiger partial charge is 0.373 e. The molecule has 0 saturated carbocycles. The van der Waals surface area contributed by atoms with Gasteiger partial charge in [0.25, 0.3) is 0 Å². The first-order valence-corrected chi connectivity index (χ1v) is 4.70. The van der Waals surface area contributed by atoms with Crippen molar-refractivity contribution in [1.29, 1.82) is 0 Å². The van der Waals surface area contributed by atoms with Gasteiger partial charge in [0.05, 0.1) is 13.2 Å². The van der Waals surface area contributed by atoms with Crippen molar-refractivity contribution in [2.75, 3.05) is 26.4 Å². The standard InChI is InChI=1S/C11H18O3/c1-3-5-7-13-9-11(12)10-14-8-6-4-2/h3-4H,1-2,5-10H2. The molecule has 0 aromatic heterocycles. The van der Waals surface area contributed by atoms with Gasteiger partial charge in [-0.2, -0.15) is 0 Å². The van der Waals surface area contributed by atoms with E-state index in [1.807, 2.05) is 0 Å². The number of hydrogen-bond acceptors (Lipinski definition) is 3. The topological polar surface area (TPSA) is 35.5 Å². The van der Waals surface area contributed by atoms with E-state index in [-0.39, 0.29) is 19.0 Å². The lowest BCUT2D eigenvalue weighted by atomic mass is 10.4. The average molecular weight is 198 g/mol. The summed E-state index contributed by atoms with van der Waals surface area (Å²) in [4.78, 5) is 11.1. The highest BCUT2D eigenvalue weighted by Crippen LogP contribution is 1.87. The van der Waals surface area contributed by atoms with Gasteiger partial charge in [-0.05, 0) is 12.8 Å². The second-order valence-electron chi connectivity index (χ2n) is 2.80. The second-order valence-corrected chi connectivity index (χ2v) is 2.80. The molecule has 0 aromatic rings. The van der Waals surface area contributed by atoms with Crippen LogP contribution in [0, 0.1) is 0 Å². The lowest BCUT2D eigenvalue weighted by Crippen LogP contribution is -2.16.